The van der Waals surface area contributed by atoms with Gasteiger partial charge in [0, 0.05) is 11.1 Å². The van der Waals surface area contributed by atoms with Crippen LogP contribution in [-0.2, 0) is 5.60 Å². The number of rotatable bonds is 5. The molecule has 7 nitrogen and oxygen atoms in total. The lowest BCUT2D eigenvalue weighted by atomic mass is 9.96. The first kappa shape index (κ1) is 18.7. The smallest absolute Gasteiger partial charge is 0.319 e. The van der Waals surface area contributed by atoms with E-state index in [2.05, 4.69) is 15.8 Å². The van der Waals surface area contributed by atoms with Gasteiger partial charge >= 0.3 is 6.03 Å². The number of nitrogens with one attached hydrogen (secondary N) is 2. The third-order valence-corrected chi connectivity index (χ3v) is 4.35. The van der Waals surface area contributed by atoms with Gasteiger partial charge in [0.15, 0.2) is 5.76 Å². The van der Waals surface area contributed by atoms with Crippen molar-refractivity contribution in [3.8, 4) is 11.3 Å². The zero-order valence-corrected chi connectivity index (χ0v) is 15.8. The Morgan fingerprint density at radius 2 is 1.93 bits per heavy atom. The number of aliphatic hydroxyl groups is 1. The van der Waals surface area contributed by atoms with Gasteiger partial charge in [-0.15, -0.1) is 0 Å². The number of aryl methyl sites for hydroxylation is 3. The number of carbonyl (C=O) groups excluding carboxylic acids is 1. The van der Waals surface area contributed by atoms with Crippen LogP contribution in [0.1, 0.15) is 29.7 Å². The lowest BCUT2D eigenvalue weighted by Crippen LogP contribution is -2.40. The van der Waals surface area contributed by atoms with Gasteiger partial charge in [-0.25, -0.2) is 4.79 Å². The molecule has 3 aromatic rings. The molecule has 0 radical (unpaired) electrons. The van der Waals surface area contributed by atoms with Gasteiger partial charge in [0.25, 0.3) is 0 Å². The van der Waals surface area contributed by atoms with Crippen molar-refractivity contribution >= 4 is 11.7 Å². The van der Waals surface area contributed by atoms with E-state index in [1.165, 1.54) is 0 Å². The van der Waals surface area contributed by atoms with E-state index in [1.807, 2.05) is 37.3 Å². The maximum absolute atomic E-state index is 12.4. The summed E-state index contributed by atoms with van der Waals surface area (Å²) in [6.45, 7) is 6.99. The van der Waals surface area contributed by atoms with Gasteiger partial charge in [-0.3, -0.25) is 0 Å². The molecule has 0 aliphatic rings. The minimum Gasteiger partial charge on any atom is -0.466 e. The third kappa shape index (κ3) is 4.03. The van der Waals surface area contributed by atoms with Crippen molar-refractivity contribution in [1.82, 2.24) is 10.5 Å². The summed E-state index contributed by atoms with van der Waals surface area (Å²) in [6, 6.07) is 10.7. The molecule has 1 atom stereocenters. The van der Waals surface area contributed by atoms with E-state index in [0.717, 1.165) is 5.56 Å². The molecule has 3 rings (SSSR count). The first-order valence-corrected chi connectivity index (χ1v) is 8.64. The molecule has 27 heavy (non-hydrogen) atoms. The van der Waals surface area contributed by atoms with Crippen LogP contribution in [0.5, 0.6) is 0 Å². The van der Waals surface area contributed by atoms with Gasteiger partial charge in [-0.1, -0.05) is 35.5 Å². The fraction of sp³-hybridized carbons (Fsp3) is 0.300. The van der Waals surface area contributed by atoms with Crippen molar-refractivity contribution < 1.29 is 18.8 Å². The molecule has 1 unspecified atom stereocenters. The first-order valence-electron chi connectivity index (χ1n) is 8.64. The van der Waals surface area contributed by atoms with Gasteiger partial charge in [0.2, 0.25) is 0 Å². The molecule has 1 aromatic carbocycles. The summed E-state index contributed by atoms with van der Waals surface area (Å²) in [5.41, 5.74) is 1.26. The minimum absolute atomic E-state index is 0.0175. The molecule has 2 aromatic heterocycles. The Morgan fingerprint density at radius 1 is 1.22 bits per heavy atom. The molecule has 0 fully saturated rings. The van der Waals surface area contributed by atoms with Crippen molar-refractivity contribution in [3.05, 3.63) is 59.2 Å². The number of furan rings is 1. The number of urea groups is 1. The average molecular weight is 369 g/mol. The normalized spacial score (nSPS) is 13.2. The van der Waals surface area contributed by atoms with E-state index in [9.17, 15) is 9.90 Å². The molecule has 0 saturated heterocycles. The molecule has 0 aliphatic carbocycles. The van der Waals surface area contributed by atoms with Gasteiger partial charge in [-0.05, 0) is 33.8 Å². The second-order valence-electron chi connectivity index (χ2n) is 6.75. The van der Waals surface area contributed by atoms with Crippen LogP contribution in [0.15, 0.2) is 45.3 Å². The Morgan fingerprint density at radius 3 is 2.56 bits per heavy atom. The standard InChI is InChI=1S/C20H23N3O4/c1-12-10-16(14(3)26-12)20(4,25)11-21-19(24)22-17-13(2)23-27-18(17)15-8-6-5-7-9-15/h5-10,25H,11H2,1-4H3,(H2,21,22,24). The fourth-order valence-electron chi connectivity index (χ4n) is 2.97. The quantitative estimate of drug-likeness (QED) is 0.633. The highest BCUT2D eigenvalue weighted by atomic mass is 16.5. The molecular weight excluding hydrogens is 346 g/mol. The molecule has 3 N–H and O–H groups in total. The topological polar surface area (TPSA) is 101 Å². The summed E-state index contributed by atoms with van der Waals surface area (Å²) < 4.78 is 10.8. The largest absolute Gasteiger partial charge is 0.466 e. The van der Waals surface area contributed by atoms with Crippen molar-refractivity contribution in [2.45, 2.75) is 33.3 Å². The fourth-order valence-corrected chi connectivity index (χ4v) is 2.97. The van der Waals surface area contributed by atoms with Crippen LogP contribution in [0.25, 0.3) is 11.3 Å². The molecule has 2 heterocycles. The Hall–Kier alpha value is -3.06. The number of nitrogens with zero attached hydrogens (tertiary/aromatic N) is 1. The number of hydrogen-bond donors (Lipinski definition) is 3. The maximum Gasteiger partial charge on any atom is 0.319 e. The van der Waals surface area contributed by atoms with Gasteiger partial charge in [-0.2, -0.15) is 0 Å². The van der Waals surface area contributed by atoms with Crippen molar-refractivity contribution in [2.24, 2.45) is 0 Å². The van der Waals surface area contributed by atoms with E-state index in [0.29, 0.717) is 34.2 Å². The maximum atomic E-state index is 12.4. The highest BCUT2D eigenvalue weighted by molar-refractivity contribution is 5.93. The van der Waals surface area contributed by atoms with Gasteiger partial charge in [0.1, 0.15) is 28.5 Å². The number of carbonyl (C=O) groups is 1. The van der Waals surface area contributed by atoms with E-state index in [4.69, 9.17) is 8.94 Å². The predicted octanol–water partition coefficient (Wildman–Crippen LogP) is 3.89. The highest BCUT2D eigenvalue weighted by Gasteiger charge is 2.28. The molecule has 0 aliphatic heterocycles. The van der Waals surface area contributed by atoms with Crippen molar-refractivity contribution in [1.29, 1.82) is 0 Å². The third-order valence-electron chi connectivity index (χ3n) is 4.35. The molecule has 2 amide bonds. The highest BCUT2D eigenvalue weighted by Crippen LogP contribution is 2.31. The summed E-state index contributed by atoms with van der Waals surface area (Å²) >= 11 is 0. The SMILES string of the molecule is Cc1cc(C(C)(O)CNC(=O)Nc2c(C)noc2-c2ccccc2)c(C)o1. The summed E-state index contributed by atoms with van der Waals surface area (Å²) in [4.78, 5) is 12.4. The molecule has 142 valence electrons. The average Bonchev–Trinajstić information content (AvgIpc) is 3.16. The Bertz CT molecular complexity index is 942. The van der Waals surface area contributed by atoms with Crippen LogP contribution >= 0.6 is 0 Å². The summed E-state index contributed by atoms with van der Waals surface area (Å²) in [6.07, 6.45) is 0. The predicted molar refractivity (Wildman–Crippen MR) is 101 cm³/mol. The van der Waals surface area contributed by atoms with Crippen LogP contribution in [0.3, 0.4) is 0 Å². The van der Waals surface area contributed by atoms with E-state index < -0.39 is 11.6 Å². The van der Waals surface area contributed by atoms with Crippen LogP contribution in [0, 0.1) is 20.8 Å². The lowest BCUT2D eigenvalue weighted by molar-refractivity contribution is 0.0584. The van der Waals surface area contributed by atoms with E-state index in [-0.39, 0.29) is 6.54 Å². The number of aromatic nitrogens is 1. The monoisotopic (exact) mass is 369 g/mol. The van der Waals surface area contributed by atoms with Crippen LogP contribution in [0.4, 0.5) is 10.5 Å². The van der Waals surface area contributed by atoms with Crippen LogP contribution in [0.2, 0.25) is 0 Å². The first-order chi connectivity index (χ1) is 12.8. The number of anilines is 1. The second-order valence-corrected chi connectivity index (χ2v) is 6.75. The second kappa shape index (κ2) is 7.28. The minimum atomic E-state index is -1.26. The van der Waals surface area contributed by atoms with Crippen molar-refractivity contribution in [2.75, 3.05) is 11.9 Å². The van der Waals surface area contributed by atoms with Gasteiger partial charge in [0.05, 0.1) is 6.54 Å². The Kier molecular flexibility index (Phi) is 5.05. The summed E-state index contributed by atoms with van der Waals surface area (Å²) in [5, 5.41) is 20.1. The van der Waals surface area contributed by atoms with E-state index in [1.54, 1.807) is 26.8 Å². The zero-order chi connectivity index (χ0) is 19.6. The molecular formula is C20H23N3O4. The number of hydrogen-bond acceptors (Lipinski definition) is 5. The van der Waals surface area contributed by atoms with Gasteiger partial charge < -0.3 is 24.7 Å². The van der Waals surface area contributed by atoms with Crippen LogP contribution < -0.4 is 10.6 Å². The molecule has 0 bridgehead atoms. The Labute approximate surface area is 157 Å². The summed E-state index contributed by atoms with van der Waals surface area (Å²) in [7, 11) is 0. The number of amides is 2. The molecule has 0 spiro atoms. The Balaban J connectivity index is 1.70. The summed E-state index contributed by atoms with van der Waals surface area (Å²) in [5.74, 6) is 1.82. The van der Waals surface area contributed by atoms with Crippen LogP contribution in [-0.4, -0.2) is 22.8 Å². The number of benzene rings is 1. The lowest BCUT2D eigenvalue weighted by Gasteiger charge is -2.23. The molecule has 7 heteroatoms. The van der Waals surface area contributed by atoms with Crippen molar-refractivity contribution in [3.63, 3.8) is 0 Å². The molecule has 0 saturated carbocycles. The van der Waals surface area contributed by atoms with E-state index >= 15 is 0 Å². The zero-order valence-electron chi connectivity index (χ0n) is 15.8.